The standard InChI is InChI=1S/C18H22ClN3O2/c1-10-8-15(24-4)11(2)7-14(10)20-17-18(23)22(9-16(19)21-17)12(3)13-5-6-13/h7-9,12-13H,5-6H2,1-4H3,(H,20,21)/t12-/m1/s1. The Morgan fingerprint density at radius 1 is 1.33 bits per heavy atom. The maximum atomic E-state index is 12.8. The van der Waals surface area contributed by atoms with Crippen LogP contribution >= 0.6 is 11.6 Å². The molecule has 2 aromatic rings. The van der Waals surface area contributed by atoms with Crippen LogP contribution < -0.4 is 15.6 Å². The summed E-state index contributed by atoms with van der Waals surface area (Å²) in [5.74, 6) is 1.62. The average molecular weight is 348 g/mol. The first kappa shape index (κ1) is 16.8. The van der Waals surface area contributed by atoms with Crippen molar-refractivity contribution >= 4 is 23.1 Å². The molecule has 1 aromatic heterocycles. The summed E-state index contributed by atoms with van der Waals surface area (Å²) in [6.07, 6.45) is 3.95. The lowest BCUT2D eigenvalue weighted by Gasteiger charge is -2.17. The molecule has 0 bridgehead atoms. The molecule has 1 atom stereocenters. The zero-order valence-electron chi connectivity index (χ0n) is 14.4. The van der Waals surface area contributed by atoms with E-state index in [2.05, 4.69) is 17.2 Å². The second-order valence-electron chi connectivity index (χ2n) is 6.46. The lowest BCUT2D eigenvalue weighted by atomic mass is 10.1. The van der Waals surface area contributed by atoms with Crippen LogP contribution in [0.5, 0.6) is 5.75 Å². The van der Waals surface area contributed by atoms with E-state index in [-0.39, 0.29) is 17.4 Å². The van der Waals surface area contributed by atoms with Gasteiger partial charge >= 0.3 is 0 Å². The summed E-state index contributed by atoms with van der Waals surface area (Å²) >= 11 is 6.15. The van der Waals surface area contributed by atoms with E-state index < -0.39 is 0 Å². The number of ether oxygens (including phenoxy) is 1. The van der Waals surface area contributed by atoms with Gasteiger partial charge in [0.25, 0.3) is 5.56 Å². The highest BCUT2D eigenvalue weighted by atomic mass is 35.5. The van der Waals surface area contributed by atoms with E-state index in [0.29, 0.717) is 11.1 Å². The third-order valence-electron chi connectivity index (χ3n) is 4.64. The van der Waals surface area contributed by atoms with Crippen molar-refractivity contribution in [3.63, 3.8) is 0 Å². The van der Waals surface area contributed by atoms with Gasteiger partial charge in [0.15, 0.2) is 5.82 Å². The van der Waals surface area contributed by atoms with Crippen LogP contribution in [0.25, 0.3) is 0 Å². The minimum atomic E-state index is -0.147. The van der Waals surface area contributed by atoms with Crippen molar-refractivity contribution in [3.05, 3.63) is 45.0 Å². The maximum absolute atomic E-state index is 12.8. The van der Waals surface area contributed by atoms with Crippen LogP contribution in [0.1, 0.15) is 36.9 Å². The smallest absolute Gasteiger partial charge is 0.294 e. The van der Waals surface area contributed by atoms with Gasteiger partial charge in [-0.25, -0.2) is 4.98 Å². The molecule has 0 amide bonds. The van der Waals surface area contributed by atoms with Gasteiger partial charge in [-0.05, 0) is 62.8 Å². The number of anilines is 2. The fourth-order valence-corrected chi connectivity index (χ4v) is 3.13. The van der Waals surface area contributed by atoms with E-state index in [1.54, 1.807) is 17.9 Å². The summed E-state index contributed by atoms with van der Waals surface area (Å²) in [6, 6.07) is 4.02. The minimum absolute atomic E-state index is 0.136. The van der Waals surface area contributed by atoms with Gasteiger partial charge in [-0.15, -0.1) is 0 Å². The number of nitrogens with zero attached hydrogens (tertiary/aromatic N) is 2. The number of benzene rings is 1. The fraction of sp³-hybridized carbons (Fsp3) is 0.444. The zero-order valence-corrected chi connectivity index (χ0v) is 15.1. The van der Waals surface area contributed by atoms with Crippen molar-refractivity contribution in [1.82, 2.24) is 9.55 Å². The van der Waals surface area contributed by atoms with Gasteiger partial charge in [-0.2, -0.15) is 0 Å². The van der Waals surface area contributed by atoms with Gasteiger partial charge in [0.05, 0.1) is 7.11 Å². The SMILES string of the molecule is COc1cc(C)c(Nc2nc(Cl)cn([C@H](C)C3CC3)c2=O)cc1C. The summed E-state index contributed by atoms with van der Waals surface area (Å²) in [6.45, 7) is 5.98. The molecule has 1 aliphatic carbocycles. The molecule has 0 spiro atoms. The van der Waals surface area contributed by atoms with Gasteiger partial charge < -0.3 is 14.6 Å². The highest BCUT2D eigenvalue weighted by molar-refractivity contribution is 6.29. The highest BCUT2D eigenvalue weighted by Crippen LogP contribution is 2.39. The second kappa shape index (κ2) is 6.48. The molecular formula is C18H22ClN3O2. The number of rotatable bonds is 5. The maximum Gasteiger partial charge on any atom is 0.294 e. The van der Waals surface area contributed by atoms with E-state index in [0.717, 1.165) is 35.4 Å². The zero-order chi connectivity index (χ0) is 17.4. The Hall–Kier alpha value is -2.01. The van der Waals surface area contributed by atoms with Crippen LogP contribution in [0.4, 0.5) is 11.5 Å². The van der Waals surface area contributed by atoms with Crippen LogP contribution in [-0.2, 0) is 0 Å². The third-order valence-corrected chi connectivity index (χ3v) is 4.82. The summed E-state index contributed by atoms with van der Waals surface area (Å²) in [4.78, 5) is 17.0. The minimum Gasteiger partial charge on any atom is -0.496 e. The summed E-state index contributed by atoms with van der Waals surface area (Å²) in [7, 11) is 1.64. The Bertz CT molecular complexity index is 828. The molecule has 1 fully saturated rings. The largest absolute Gasteiger partial charge is 0.496 e. The molecule has 128 valence electrons. The first-order valence-corrected chi connectivity index (χ1v) is 8.49. The third kappa shape index (κ3) is 3.26. The predicted molar refractivity (Wildman–Crippen MR) is 96.7 cm³/mol. The number of hydrogen-bond acceptors (Lipinski definition) is 4. The monoisotopic (exact) mass is 347 g/mol. The number of nitrogens with one attached hydrogen (secondary N) is 1. The van der Waals surface area contributed by atoms with Crippen molar-refractivity contribution in [2.75, 3.05) is 12.4 Å². The lowest BCUT2D eigenvalue weighted by molar-refractivity contribution is 0.411. The Labute approximate surface area is 146 Å². The Morgan fingerprint density at radius 2 is 2.04 bits per heavy atom. The highest BCUT2D eigenvalue weighted by Gasteiger charge is 2.30. The van der Waals surface area contributed by atoms with Gasteiger partial charge in [0.1, 0.15) is 10.9 Å². The first-order chi connectivity index (χ1) is 11.4. The summed E-state index contributed by atoms with van der Waals surface area (Å²) < 4.78 is 7.02. The van der Waals surface area contributed by atoms with Crippen LogP contribution in [-0.4, -0.2) is 16.7 Å². The quantitative estimate of drug-likeness (QED) is 0.879. The second-order valence-corrected chi connectivity index (χ2v) is 6.85. The molecule has 1 aromatic carbocycles. The van der Waals surface area contributed by atoms with Crippen LogP contribution in [0.15, 0.2) is 23.1 Å². The number of methoxy groups -OCH3 is 1. The number of aromatic nitrogens is 2. The predicted octanol–water partition coefficient (Wildman–Crippen LogP) is 4.24. The lowest BCUT2D eigenvalue weighted by Crippen LogP contribution is -2.27. The molecule has 1 N–H and O–H groups in total. The van der Waals surface area contributed by atoms with Gasteiger partial charge in [0.2, 0.25) is 0 Å². The summed E-state index contributed by atoms with van der Waals surface area (Å²) in [5, 5.41) is 3.46. The van der Waals surface area contributed by atoms with Crippen molar-refractivity contribution in [3.8, 4) is 5.75 Å². The van der Waals surface area contributed by atoms with Gasteiger partial charge in [-0.1, -0.05) is 11.6 Å². The number of aryl methyl sites for hydroxylation is 2. The Kier molecular flexibility index (Phi) is 4.54. The van der Waals surface area contributed by atoms with E-state index in [1.807, 2.05) is 26.0 Å². The van der Waals surface area contributed by atoms with Gasteiger partial charge in [-0.3, -0.25) is 4.79 Å². The topological polar surface area (TPSA) is 56.1 Å². The normalized spacial score (nSPS) is 15.2. The molecule has 0 saturated heterocycles. The Balaban J connectivity index is 1.98. The van der Waals surface area contributed by atoms with E-state index in [9.17, 15) is 4.79 Å². The number of hydrogen-bond donors (Lipinski definition) is 1. The Morgan fingerprint density at radius 3 is 2.67 bits per heavy atom. The van der Waals surface area contributed by atoms with E-state index in [1.165, 1.54) is 0 Å². The molecule has 1 aliphatic rings. The molecule has 1 heterocycles. The average Bonchev–Trinajstić information content (AvgIpc) is 3.37. The van der Waals surface area contributed by atoms with Crippen molar-refractivity contribution in [1.29, 1.82) is 0 Å². The molecule has 0 radical (unpaired) electrons. The molecule has 24 heavy (non-hydrogen) atoms. The molecule has 0 aliphatic heterocycles. The fourth-order valence-electron chi connectivity index (χ4n) is 2.94. The first-order valence-electron chi connectivity index (χ1n) is 8.11. The molecule has 1 saturated carbocycles. The molecule has 5 nitrogen and oxygen atoms in total. The van der Waals surface area contributed by atoms with Crippen molar-refractivity contribution < 1.29 is 4.74 Å². The molecular weight excluding hydrogens is 326 g/mol. The van der Waals surface area contributed by atoms with Crippen LogP contribution in [0.2, 0.25) is 5.15 Å². The van der Waals surface area contributed by atoms with E-state index in [4.69, 9.17) is 16.3 Å². The molecule has 0 unspecified atom stereocenters. The molecule has 3 rings (SSSR count). The van der Waals surface area contributed by atoms with Crippen LogP contribution in [0.3, 0.4) is 0 Å². The molecule has 6 heteroatoms. The van der Waals surface area contributed by atoms with Gasteiger partial charge in [0, 0.05) is 17.9 Å². The summed E-state index contributed by atoms with van der Waals surface area (Å²) in [5.41, 5.74) is 2.64. The van der Waals surface area contributed by atoms with E-state index >= 15 is 0 Å². The van der Waals surface area contributed by atoms with Crippen molar-refractivity contribution in [2.45, 2.75) is 39.7 Å². The number of halogens is 1. The van der Waals surface area contributed by atoms with Crippen molar-refractivity contribution in [2.24, 2.45) is 5.92 Å². The van der Waals surface area contributed by atoms with Crippen LogP contribution in [0, 0.1) is 19.8 Å².